The average Bonchev–Trinajstić information content (AvgIpc) is 3.17. The van der Waals surface area contributed by atoms with Crippen molar-refractivity contribution >= 4 is 35.7 Å². The Labute approximate surface area is 346 Å². The van der Waals surface area contributed by atoms with E-state index < -0.39 is 60.6 Å². The Balaban J connectivity index is 4.50. The highest BCUT2D eigenvalue weighted by molar-refractivity contribution is 5.94. The second kappa shape index (κ2) is 39.8. The summed E-state index contributed by atoms with van der Waals surface area (Å²) in [6.45, 7) is 4.48. The van der Waals surface area contributed by atoms with Crippen molar-refractivity contribution in [3.63, 3.8) is 0 Å². The minimum atomic E-state index is -1.37. The van der Waals surface area contributed by atoms with Gasteiger partial charge in [0.25, 0.3) is 0 Å². The highest BCUT2D eigenvalue weighted by Crippen LogP contribution is 2.16. The fourth-order valence-electron chi connectivity index (χ4n) is 7.12. The summed E-state index contributed by atoms with van der Waals surface area (Å²) in [6, 6.07) is -2.74. The number of ether oxygens (including phenoxy) is 1. The molecule has 0 rings (SSSR count). The first-order valence-corrected chi connectivity index (χ1v) is 23.4. The average molecular weight is 809 g/mol. The lowest BCUT2D eigenvalue weighted by molar-refractivity contribution is -0.164. The van der Waals surface area contributed by atoms with E-state index in [1.54, 1.807) is 0 Å². The quantitative estimate of drug-likeness (QED) is 0.0265. The maximum atomic E-state index is 13.0. The number of esters is 2. The zero-order valence-corrected chi connectivity index (χ0v) is 36.4. The Morgan fingerprint density at radius 1 is 0.368 bits per heavy atom. The summed E-state index contributed by atoms with van der Waals surface area (Å²) in [5.41, 5.74) is 0. The van der Waals surface area contributed by atoms with E-state index in [4.69, 9.17) is 4.74 Å². The van der Waals surface area contributed by atoms with Crippen molar-refractivity contribution in [1.29, 1.82) is 0 Å². The number of hydrogen-bond acceptors (Lipinski definition) is 7. The van der Waals surface area contributed by atoms with Crippen LogP contribution in [-0.4, -0.2) is 58.0 Å². The molecule has 4 N–H and O–H groups in total. The van der Waals surface area contributed by atoms with Gasteiger partial charge in [0.15, 0.2) is 0 Å². The predicted octanol–water partition coefficient (Wildman–Crippen LogP) is 11.3. The van der Waals surface area contributed by atoms with Gasteiger partial charge >= 0.3 is 23.9 Å². The molecule has 2 atom stereocenters. The molecule has 0 spiro atoms. The largest absolute Gasteiger partial charge is 0.481 e. The lowest BCUT2D eigenvalue weighted by atomic mass is 10.0. The van der Waals surface area contributed by atoms with Crippen molar-refractivity contribution in [3.05, 3.63) is 0 Å². The van der Waals surface area contributed by atoms with Gasteiger partial charge in [0, 0.05) is 25.7 Å². The third-order valence-corrected chi connectivity index (χ3v) is 10.7. The van der Waals surface area contributed by atoms with Crippen LogP contribution < -0.4 is 10.6 Å². The molecule has 0 aromatic rings. The van der Waals surface area contributed by atoms with Gasteiger partial charge in [0.1, 0.15) is 12.1 Å². The first-order valence-electron chi connectivity index (χ1n) is 23.4. The fraction of sp³-hybridized carbons (Fsp3) is 0.870. The van der Waals surface area contributed by atoms with Gasteiger partial charge in [-0.15, -0.1) is 0 Å². The number of carboxylic acid groups (broad SMARTS) is 2. The molecule has 57 heavy (non-hydrogen) atoms. The predicted molar refractivity (Wildman–Crippen MR) is 228 cm³/mol. The molecule has 0 aliphatic rings. The van der Waals surface area contributed by atoms with E-state index in [2.05, 4.69) is 24.5 Å². The number of hydrogen-bond donors (Lipinski definition) is 4. The molecule has 0 aromatic heterocycles. The molecule has 0 fully saturated rings. The van der Waals surface area contributed by atoms with Crippen LogP contribution in [0.4, 0.5) is 0 Å². The molecule has 2 amide bonds. The minimum Gasteiger partial charge on any atom is -0.481 e. The van der Waals surface area contributed by atoms with Crippen LogP contribution in [0.5, 0.6) is 0 Å². The molecule has 0 saturated carbocycles. The van der Waals surface area contributed by atoms with Gasteiger partial charge in [-0.25, -0.2) is 9.59 Å². The van der Waals surface area contributed by atoms with Crippen molar-refractivity contribution in [2.45, 2.75) is 257 Å². The van der Waals surface area contributed by atoms with Gasteiger partial charge in [-0.1, -0.05) is 194 Å². The highest BCUT2D eigenvalue weighted by atomic mass is 16.6. The SMILES string of the molecule is CCCCCCCCCCCCCCCCCC(=O)N[C@@H](CCC(=O)O)C(=O)OC(=O)[C@H](CCC(=O)O)NC(=O)CCCCCCCCCCCCCCCCC. The Bertz CT molecular complexity index is 971. The van der Waals surface area contributed by atoms with E-state index in [1.807, 2.05) is 0 Å². The molecule has 0 heterocycles. The first-order chi connectivity index (χ1) is 27.6. The normalized spacial score (nSPS) is 12.2. The molecule has 11 heteroatoms. The number of amides is 2. The second-order valence-corrected chi connectivity index (χ2v) is 16.2. The van der Waals surface area contributed by atoms with Crippen LogP contribution in [0.2, 0.25) is 0 Å². The van der Waals surface area contributed by atoms with Crippen molar-refractivity contribution in [1.82, 2.24) is 10.6 Å². The highest BCUT2D eigenvalue weighted by Gasteiger charge is 2.30. The molecular formula is C46H84N2O9. The Morgan fingerprint density at radius 2 is 0.596 bits per heavy atom. The van der Waals surface area contributed by atoms with E-state index >= 15 is 0 Å². The summed E-state index contributed by atoms with van der Waals surface area (Å²) in [6.07, 6.45) is 34.6. The third kappa shape index (κ3) is 37.1. The van der Waals surface area contributed by atoms with Crippen LogP contribution in [0, 0.1) is 0 Å². The fourth-order valence-corrected chi connectivity index (χ4v) is 7.12. The molecule has 332 valence electrons. The van der Waals surface area contributed by atoms with Crippen LogP contribution in [0.1, 0.15) is 245 Å². The number of rotatable bonds is 42. The summed E-state index contributed by atoms with van der Waals surface area (Å²) in [5, 5.41) is 23.4. The van der Waals surface area contributed by atoms with Crippen molar-refractivity contribution < 1.29 is 43.7 Å². The van der Waals surface area contributed by atoms with Crippen LogP contribution in [0.25, 0.3) is 0 Å². The summed E-state index contributed by atoms with van der Waals surface area (Å²) in [7, 11) is 0. The van der Waals surface area contributed by atoms with Gasteiger partial charge in [0.05, 0.1) is 0 Å². The summed E-state index contributed by atoms with van der Waals surface area (Å²) in [5.74, 6) is -5.51. The molecule has 0 unspecified atom stereocenters. The number of carbonyl (C=O) groups is 6. The summed E-state index contributed by atoms with van der Waals surface area (Å²) < 4.78 is 5.01. The molecule has 0 aromatic carbocycles. The van der Waals surface area contributed by atoms with Crippen molar-refractivity contribution in [2.75, 3.05) is 0 Å². The van der Waals surface area contributed by atoms with Crippen LogP contribution in [0.3, 0.4) is 0 Å². The van der Waals surface area contributed by atoms with Crippen LogP contribution >= 0.6 is 0 Å². The zero-order valence-electron chi connectivity index (χ0n) is 36.4. The Hall–Kier alpha value is -2.98. The molecule has 0 radical (unpaired) electrons. The van der Waals surface area contributed by atoms with Gasteiger partial charge < -0.3 is 25.6 Å². The number of unbranched alkanes of at least 4 members (excludes halogenated alkanes) is 28. The first kappa shape index (κ1) is 54.0. The smallest absolute Gasteiger partial charge is 0.336 e. The number of carboxylic acids is 2. The van der Waals surface area contributed by atoms with Gasteiger partial charge in [-0.2, -0.15) is 0 Å². The minimum absolute atomic E-state index is 0.152. The van der Waals surface area contributed by atoms with E-state index in [0.717, 1.165) is 38.5 Å². The van der Waals surface area contributed by atoms with Crippen molar-refractivity contribution in [2.24, 2.45) is 0 Å². The lowest BCUT2D eigenvalue weighted by Gasteiger charge is -2.20. The topological polar surface area (TPSA) is 176 Å². The van der Waals surface area contributed by atoms with E-state index in [9.17, 15) is 39.0 Å². The molecule has 11 nitrogen and oxygen atoms in total. The molecule has 0 bridgehead atoms. The maximum absolute atomic E-state index is 13.0. The van der Waals surface area contributed by atoms with Gasteiger partial charge in [-0.05, 0) is 25.7 Å². The molecule has 0 saturated heterocycles. The number of carbonyl (C=O) groups excluding carboxylic acids is 4. The van der Waals surface area contributed by atoms with Crippen LogP contribution in [-0.2, 0) is 33.5 Å². The van der Waals surface area contributed by atoms with E-state index in [-0.39, 0.29) is 25.7 Å². The van der Waals surface area contributed by atoms with Gasteiger partial charge in [0.2, 0.25) is 11.8 Å². The van der Waals surface area contributed by atoms with E-state index in [1.165, 1.54) is 141 Å². The maximum Gasteiger partial charge on any atom is 0.336 e. The molecular weight excluding hydrogens is 725 g/mol. The zero-order chi connectivity index (χ0) is 42.2. The molecule has 0 aliphatic carbocycles. The lowest BCUT2D eigenvalue weighted by Crippen LogP contribution is -2.47. The Kier molecular flexibility index (Phi) is 37.7. The van der Waals surface area contributed by atoms with E-state index in [0.29, 0.717) is 12.8 Å². The third-order valence-electron chi connectivity index (χ3n) is 10.7. The second-order valence-electron chi connectivity index (χ2n) is 16.2. The van der Waals surface area contributed by atoms with Crippen molar-refractivity contribution in [3.8, 4) is 0 Å². The number of aliphatic carboxylic acids is 2. The van der Waals surface area contributed by atoms with Crippen LogP contribution in [0.15, 0.2) is 0 Å². The summed E-state index contributed by atoms with van der Waals surface area (Å²) in [4.78, 5) is 73.9. The summed E-state index contributed by atoms with van der Waals surface area (Å²) >= 11 is 0. The Morgan fingerprint density at radius 3 is 0.825 bits per heavy atom. The monoisotopic (exact) mass is 809 g/mol. The number of nitrogens with one attached hydrogen (secondary N) is 2. The molecule has 0 aliphatic heterocycles. The van der Waals surface area contributed by atoms with Gasteiger partial charge in [-0.3, -0.25) is 19.2 Å². The standard InChI is InChI=1S/C46H84N2O9/c1-3-5-7-9-11-13-15-17-19-21-23-25-27-29-31-33-41(49)47-39(35-37-43(51)52)45(55)57-46(56)40(36-38-44(53)54)48-42(50)34-32-30-28-26-24-22-20-18-16-14-12-10-8-6-4-2/h39-40H,3-38H2,1-2H3,(H,47,49)(H,48,50)(H,51,52)(H,53,54)/t39-,40-/m0/s1.